The van der Waals surface area contributed by atoms with Gasteiger partial charge >= 0.3 is 6.03 Å². The molecule has 3 amide bonds. The molecular weight excluding hydrogens is 472 g/mol. The van der Waals surface area contributed by atoms with Crippen molar-refractivity contribution < 1.29 is 22.7 Å². The first-order valence-corrected chi connectivity index (χ1v) is 13.4. The van der Waals surface area contributed by atoms with Gasteiger partial charge in [0.25, 0.3) is 0 Å². The monoisotopic (exact) mass is 502 g/mol. The van der Waals surface area contributed by atoms with E-state index >= 15 is 0 Å². The molecule has 1 atom stereocenters. The van der Waals surface area contributed by atoms with Gasteiger partial charge in [0.2, 0.25) is 5.91 Å². The molecule has 3 N–H and O–H groups in total. The molecule has 11 nitrogen and oxygen atoms in total. The van der Waals surface area contributed by atoms with E-state index in [4.69, 9.17) is 9.72 Å². The molecular formula is C23H30N6O5S. The minimum absolute atomic E-state index is 0.0541. The second kappa shape index (κ2) is 10.6. The maximum atomic E-state index is 12.6. The maximum absolute atomic E-state index is 12.6. The quantitative estimate of drug-likeness (QED) is 0.490. The molecule has 1 aliphatic carbocycles. The van der Waals surface area contributed by atoms with Crippen LogP contribution < -0.4 is 20.9 Å². The van der Waals surface area contributed by atoms with E-state index < -0.39 is 21.5 Å². The summed E-state index contributed by atoms with van der Waals surface area (Å²) >= 11 is 0. The van der Waals surface area contributed by atoms with E-state index in [1.165, 1.54) is 7.05 Å². The van der Waals surface area contributed by atoms with Gasteiger partial charge in [-0.3, -0.25) is 4.79 Å². The summed E-state index contributed by atoms with van der Waals surface area (Å²) in [7, 11) is -2.34. The zero-order chi connectivity index (χ0) is 25.0. The van der Waals surface area contributed by atoms with E-state index in [9.17, 15) is 18.0 Å². The fourth-order valence-electron chi connectivity index (χ4n) is 3.73. The molecule has 0 unspecified atom stereocenters. The highest BCUT2D eigenvalue weighted by molar-refractivity contribution is 7.91. The maximum Gasteiger partial charge on any atom is 0.319 e. The van der Waals surface area contributed by atoms with Gasteiger partial charge in [0.05, 0.1) is 30.7 Å². The second-order valence-corrected chi connectivity index (χ2v) is 10.9. The van der Waals surface area contributed by atoms with E-state index in [2.05, 4.69) is 25.8 Å². The highest BCUT2D eigenvalue weighted by Gasteiger charge is 2.25. The lowest BCUT2D eigenvalue weighted by Gasteiger charge is -2.34. The van der Waals surface area contributed by atoms with E-state index in [1.54, 1.807) is 30.3 Å². The number of hydrogen-bond donors (Lipinski definition) is 3. The molecule has 0 spiro atoms. The number of urea groups is 1. The minimum Gasteiger partial charge on any atom is -0.377 e. The molecule has 0 bridgehead atoms. The largest absolute Gasteiger partial charge is 0.377 e. The molecule has 12 heteroatoms. The summed E-state index contributed by atoms with van der Waals surface area (Å²) in [6.07, 6.45) is 2.01. The minimum atomic E-state index is -3.73. The summed E-state index contributed by atoms with van der Waals surface area (Å²) in [5.41, 5.74) is 1.60. The normalized spacial score (nSPS) is 18.1. The average molecular weight is 503 g/mol. The molecule has 2 aliphatic rings. The molecule has 1 saturated heterocycles. The topological polar surface area (TPSA) is 143 Å². The van der Waals surface area contributed by atoms with Crippen LogP contribution in [-0.4, -0.2) is 75.0 Å². The number of carbonyl (C=O) groups excluding carboxylic acids is 2. The highest BCUT2D eigenvalue weighted by atomic mass is 32.2. The number of morpholine rings is 1. The summed E-state index contributed by atoms with van der Waals surface area (Å²) in [4.78, 5) is 34.9. The third kappa shape index (κ3) is 6.89. The molecule has 1 saturated carbocycles. The van der Waals surface area contributed by atoms with Crippen LogP contribution in [0.2, 0.25) is 0 Å². The van der Waals surface area contributed by atoms with Crippen molar-refractivity contribution in [2.24, 2.45) is 0 Å². The molecule has 2 fully saturated rings. The van der Waals surface area contributed by atoms with E-state index in [0.29, 0.717) is 48.3 Å². The van der Waals surface area contributed by atoms with Gasteiger partial charge in [0, 0.05) is 37.0 Å². The van der Waals surface area contributed by atoms with Gasteiger partial charge in [-0.05, 0) is 44.0 Å². The molecule has 2 aromatic rings. The number of amides is 3. The van der Waals surface area contributed by atoms with E-state index in [0.717, 1.165) is 12.8 Å². The average Bonchev–Trinajstić information content (AvgIpc) is 3.62. The van der Waals surface area contributed by atoms with Gasteiger partial charge in [-0.1, -0.05) is 0 Å². The Hall–Kier alpha value is -3.25. The number of sulfone groups is 1. The molecule has 188 valence electrons. The predicted octanol–water partition coefficient (Wildman–Crippen LogP) is 1.31. The highest BCUT2D eigenvalue weighted by Crippen LogP contribution is 2.25. The van der Waals surface area contributed by atoms with Crippen molar-refractivity contribution in [3.8, 4) is 11.4 Å². The first kappa shape index (κ1) is 24.9. The Morgan fingerprint density at radius 2 is 1.91 bits per heavy atom. The molecule has 1 aromatic carbocycles. The SMILES string of the molecule is CNC(=O)CS(=O)(=O)Cc1cc(N2CCOC[C@@H]2C)nc(-c2ccc(NC(=O)NC3CC3)cc2)n1. The number of aromatic nitrogens is 2. The molecule has 1 aliphatic heterocycles. The number of nitrogens with zero attached hydrogens (tertiary/aromatic N) is 3. The van der Waals surface area contributed by atoms with Crippen LogP contribution in [0.25, 0.3) is 11.4 Å². The Balaban J connectivity index is 1.60. The van der Waals surface area contributed by atoms with E-state index in [-0.39, 0.29) is 23.9 Å². The van der Waals surface area contributed by atoms with Gasteiger partial charge in [0.15, 0.2) is 15.7 Å². The number of nitrogens with one attached hydrogen (secondary N) is 3. The first-order chi connectivity index (χ1) is 16.7. The van der Waals surface area contributed by atoms with Gasteiger partial charge in [-0.25, -0.2) is 23.2 Å². The lowest BCUT2D eigenvalue weighted by molar-refractivity contribution is -0.118. The predicted molar refractivity (Wildman–Crippen MR) is 132 cm³/mol. The second-order valence-electron chi connectivity index (χ2n) is 8.81. The van der Waals surface area contributed by atoms with Crippen molar-refractivity contribution in [2.75, 3.05) is 42.8 Å². The third-order valence-corrected chi connectivity index (χ3v) is 7.18. The Morgan fingerprint density at radius 3 is 2.57 bits per heavy atom. The van der Waals surface area contributed by atoms with Crippen LogP contribution in [0.5, 0.6) is 0 Å². The van der Waals surface area contributed by atoms with Crippen molar-refractivity contribution in [3.63, 3.8) is 0 Å². The summed E-state index contributed by atoms with van der Waals surface area (Å²) in [5.74, 6) is -0.615. The Bertz CT molecular complexity index is 1180. The fraction of sp³-hybridized carbons (Fsp3) is 0.478. The number of hydrogen-bond acceptors (Lipinski definition) is 8. The van der Waals surface area contributed by atoms with Gasteiger partial charge in [-0.15, -0.1) is 0 Å². The number of benzene rings is 1. The Labute approximate surface area is 204 Å². The Morgan fingerprint density at radius 1 is 1.17 bits per heavy atom. The summed E-state index contributed by atoms with van der Waals surface area (Å²) in [5, 5.41) is 8.00. The summed E-state index contributed by atoms with van der Waals surface area (Å²) in [6.45, 7) is 3.70. The van der Waals surface area contributed by atoms with Crippen molar-refractivity contribution in [1.82, 2.24) is 20.6 Å². The van der Waals surface area contributed by atoms with Gasteiger partial charge in [-0.2, -0.15) is 0 Å². The van der Waals surface area contributed by atoms with Crippen molar-refractivity contribution >= 4 is 33.3 Å². The van der Waals surface area contributed by atoms with Gasteiger partial charge in [0.1, 0.15) is 11.6 Å². The molecule has 0 radical (unpaired) electrons. The molecule has 2 heterocycles. The van der Waals surface area contributed by atoms with Crippen molar-refractivity contribution in [3.05, 3.63) is 36.0 Å². The number of anilines is 2. The lowest BCUT2D eigenvalue weighted by atomic mass is 10.2. The van der Waals surface area contributed by atoms with Crippen LogP contribution in [0.15, 0.2) is 30.3 Å². The Kier molecular flexibility index (Phi) is 7.51. The van der Waals surface area contributed by atoms with Crippen LogP contribution >= 0.6 is 0 Å². The number of ether oxygens (including phenoxy) is 1. The van der Waals surface area contributed by atoms with Crippen LogP contribution in [-0.2, 0) is 25.1 Å². The van der Waals surface area contributed by atoms with Crippen LogP contribution in [0, 0.1) is 0 Å². The number of rotatable bonds is 8. The standard InChI is InChI=1S/C23H30N6O5S/c1-15-12-34-10-9-29(15)20-11-19(13-35(32,33)14-21(30)24-2)25-22(28-20)16-3-5-17(6-4-16)26-23(31)27-18-7-8-18/h3-6,11,15,18H,7-10,12-14H2,1-2H3,(H,24,30)(H2,26,27,31)/t15-/m0/s1. The third-order valence-electron chi connectivity index (χ3n) is 5.74. The fourth-order valence-corrected chi connectivity index (χ4v) is 4.98. The smallest absolute Gasteiger partial charge is 0.319 e. The summed E-state index contributed by atoms with van der Waals surface area (Å²) < 4.78 is 30.7. The zero-order valence-electron chi connectivity index (χ0n) is 19.8. The van der Waals surface area contributed by atoms with Crippen molar-refractivity contribution in [2.45, 2.75) is 37.6 Å². The van der Waals surface area contributed by atoms with E-state index in [1.807, 2.05) is 6.92 Å². The molecule has 35 heavy (non-hydrogen) atoms. The first-order valence-electron chi connectivity index (χ1n) is 11.5. The van der Waals surface area contributed by atoms with Crippen molar-refractivity contribution in [1.29, 1.82) is 0 Å². The number of carbonyl (C=O) groups is 2. The zero-order valence-corrected chi connectivity index (χ0v) is 20.6. The molecule has 1 aromatic heterocycles. The lowest BCUT2D eigenvalue weighted by Crippen LogP contribution is -2.44. The van der Waals surface area contributed by atoms with Crippen LogP contribution in [0.3, 0.4) is 0 Å². The van der Waals surface area contributed by atoms with Gasteiger partial charge < -0.3 is 25.6 Å². The van der Waals surface area contributed by atoms with Crippen LogP contribution in [0.1, 0.15) is 25.5 Å². The summed E-state index contributed by atoms with van der Waals surface area (Å²) in [6, 6.07) is 8.77. The molecule has 4 rings (SSSR count). The van der Waals surface area contributed by atoms with Crippen LogP contribution in [0.4, 0.5) is 16.3 Å².